The molecular formula is C22H19NOS2. The molecule has 26 heavy (non-hydrogen) atoms. The first-order chi connectivity index (χ1) is 12.8. The highest BCUT2D eigenvalue weighted by molar-refractivity contribution is 7.08. The molecule has 0 spiro atoms. The Morgan fingerprint density at radius 1 is 0.846 bits per heavy atom. The molecule has 130 valence electrons. The molecule has 0 unspecified atom stereocenters. The fourth-order valence-electron chi connectivity index (χ4n) is 3.18. The van der Waals surface area contributed by atoms with Gasteiger partial charge in [0.25, 0.3) is 0 Å². The Labute approximate surface area is 161 Å². The van der Waals surface area contributed by atoms with Gasteiger partial charge in [-0.1, -0.05) is 30.3 Å². The number of likely N-dealkylation sites (tertiary alicyclic amines) is 1. The number of ketones is 1. The molecule has 1 saturated heterocycles. The van der Waals surface area contributed by atoms with E-state index >= 15 is 0 Å². The van der Waals surface area contributed by atoms with Crippen LogP contribution in [0.4, 0.5) is 0 Å². The van der Waals surface area contributed by atoms with Crippen molar-refractivity contribution in [3.63, 3.8) is 0 Å². The molecule has 4 rings (SSSR count). The van der Waals surface area contributed by atoms with E-state index in [9.17, 15) is 4.79 Å². The number of carbonyl (C=O) groups is 1. The first-order valence-electron chi connectivity index (χ1n) is 8.54. The van der Waals surface area contributed by atoms with Crippen molar-refractivity contribution in [2.24, 2.45) is 0 Å². The van der Waals surface area contributed by atoms with E-state index in [4.69, 9.17) is 0 Å². The van der Waals surface area contributed by atoms with Gasteiger partial charge in [0.1, 0.15) is 0 Å². The molecule has 1 aromatic carbocycles. The van der Waals surface area contributed by atoms with Gasteiger partial charge in [0.15, 0.2) is 5.78 Å². The molecule has 0 radical (unpaired) electrons. The fraction of sp³-hybridized carbons (Fsp3) is 0.136. The summed E-state index contributed by atoms with van der Waals surface area (Å²) in [6, 6.07) is 14.6. The van der Waals surface area contributed by atoms with Gasteiger partial charge in [0.2, 0.25) is 0 Å². The van der Waals surface area contributed by atoms with Crippen LogP contribution in [-0.4, -0.2) is 23.8 Å². The van der Waals surface area contributed by atoms with Gasteiger partial charge in [-0.25, -0.2) is 0 Å². The molecule has 0 aliphatic carbocycles. The Balaban J connectivity index is 1.64. The Morgan fingerprint density at radius 2 is 1.42 bits per heavy atom. The van der Waals surface area contributed by atoms with Crippen LogP contribution in [0.3, 0.4) is 0 Å². The first-order valence-corrected chi connectivity index (χ1v) is 10.4. The summed E-state index contributed by atoms with van der Waals surface area (Å²) in [4.78, 5) is 15.4. The van der Waals surface area contributed by atoms with E-state index in [0.717, 1.165) is 28.8 Å². The lowest BCUT2D eigenvalue weighted by atomic mass is 9.94. The van der Waals surface area contributed by atoms with E-state index in [1.807, 2.05) is 29.0 Å². The number of carbonyl (C=O) groups excluding carboxylic acids is 1. The Hall–Kier alpha value is -2.27. The second-order valence-corrected chi connectivity index (χ2v) is 7.97. The maximum Gasteiger partial charge on any atom is 0.187 e. The van der Waals surface area contributed by atoms with Gasteiger partial charge in [0.05, 0.1) is 0 Å². The minimum atomic E-state index is 0.173. The summed E-state index contributed by atoms with van der Waals surface area (Å²) < 4.78 is 0. The highest BCUT2D eigenvalue weighted by Gasteiger charge is 2.26. The molecule has 1 fully saturated rings. The molecule has 0 saturated carbocycles. The molecular weight excluding hydrogens is 358 g/mol. The molecule has 2 nitrogen and oxygen atoms in total. The zero-order valence-corrected chi connectivity index (χ0v) is 15.9. The summed E-state index contributed by atoms with van der Waals surface area (Å²) in [6.45, 7) is 2.21. The third kappa shape index (κ3) is 4.10. The van der Waals surface area contributed by atoms with Crippen molar-refractivity contribution >= 4 is 40.6 Å². The number of benzene rings is 1. The summed E-state index contributed by atoms with van der Waals surface area (Å²) in [6.07, 6.45) is 4.08. The second-order valence-electron chi connectivity index (χ2n) is 6.41. The number of hydrogen-bond donors (Lipinski definition) is 0. The van der Waals surface area contributed by atoms with E-state index in [1.54, 1.807) is 22.7 Å². The predicted molar refractivity (Wildman–Crippen MR) is 111 cm³/mol. The van der Waals surface area contributed by atoms with Crippen LogP contribution in [-0.2, 0) is 11.3 Å². The van der Waals surface area contributed by atoms with Crippen molar-refractivity contribution in [2.75, 3.05) is 13.1 Å². The van der Waals surface area contributed by atoms with Gasteiger partial charge in [-0.15, -0.1) is 0 Å². The van der Waals surface area contributed by atoms with Crippen molar-refractivity contribution < 1.29 is 4.79 Å². The minimum Gasteiger partial charge on any atom is -0.290 e. The molecule has 0 amide bonds. The highest BCUT2D eigenvalue weighted by atomic mass is 32.1. The number of hydrogen-bond acceptors (Lipinski definition) is 4. The van der Waals surface area contributed by atoms with E-state index in [-0.39, 0.29) is 5.78 Å². The second kappa shape index (κ2) is 7.96. The van der Waals surface area contributed by atoms with Crippen molar-refractivity contribution in [1.82, 2.24) is 4.90 Å². The van der Waals surface area contributed by atoms with Gasteiger partial charge in [-0.3, -0.25) is 9.69 Å². The minimum absolute atomic E-state index is 0.173. The third-order valence-electron chi connectivity index (χ3n) is 4.39. The van der Waals surface area contributed by atoms with Crippen LogP contribution in [0, 0.1) is 0 Å². The average molecular weight is 378 g/mol. The highest BCUT2D eigenvalue weighted by Crippen LogP contribution is 2.24. The number of thiophene rings is 2. The van der Waals surface area contributed by atoms with Gasteiger partial charge in [-0.2, -0.15) is 22.7 Å². The van der Waals surface area contributed by atoms with Crippen LogP contribution in [0.5, 0.6) is 0 Å². The van der Waals surface area contributed by atoms with Crippen LogP contribution < -0.4 is 0 Å². The normalized spacial score (nSPS) is 18.7. The summed E-state index contributed by atoms with van der Waals surface area (Å²) in [7, 11) is 0. The quantitative estimate of drug-likeness (QED) is 0.570. The fourth-order valence-corrected chi connectivity index (χ4v) is 4.42. The van der Waals surface area contributed by atoms with Crippen LogP contribution >= 0.6 is 22.7 Å². The molecule has 0 N–H and O–H groups in total. The molecule has 2 aromatic heterocycles. The lowest BCUT2D eigenvalue weighted by Crippen LogP contribution is -2.37. The first kappa shape index (κ1) is 17.2. The Kier molecular flexibility index (Phi) is 5.25. The smallest absolute Gasteiger partial charge is 0.187 e. The van der Waals surface area contributed by atoms with E-state index in [2.05, 4.69) is 52.1 Å². The maximum absolute atomic E-state index is 13.0. The topological polar surface area (TPSA) is 20.3 Å². The number of rotatable bonds is 4. The monoisotopic (exact) mass is 377 g/mol. The van der Waals surface area contributed by atoms with Crippen LogP contribution in [0.25, 0.3) is 12.2 Å². The zero-order valence-electron chi connectivity index (χ0n) is 14.3. The summed E-state index contributed by atoms with van der Waals surface area (Å²) >= 11 is 3.31. The standard InChI is InChI=1S/C22H19NOS2/c24-22-20(10-18-6-8-25-15-18)13-23(12-17-4-2-1-3-5-17)14-21(22)11-19-7-9-26-16-19/h1-11,15-16H,12-14H2/b20-10+,21-11+. The molecule has 0 atom stereocenters. The van der Waals surface area contributed by atoms with Crippen molar-refractivity contribution in [1.29, 1.82) is 0 Å². The SMILES string of the molecule is O=C1/C(=C/c2ccsc2)CN(Cc2ccccc2)C/C1=C\c1ccsc1. The van der Waals surface area contributed by atoms with Crippen molar-refractivity contribution in [3.05, 3.63) is 91.8 Å². The van der Waals surface area contributed by atoms with Gasteiger partial charge in [-0.05, 0) is 62.5 Å². The molecule has 3 aromatic rings. The van der Waals surface area contributed by atoms with Crippen molar-refractivity contribution in [2.45, 2.75) is 6.54 Å². The number of nitrogens with zero attached hydrogens (tertiary/aromatic N) is 1. The summed E-state index contributed by atoms with van der Waals surface area (Å²) in [5.41, 5.74) is 5.22. The molecule has 4 heteroatoms. The molecule has 1 aliphatic heterocycles. The van der Waals surface area contributed by atoms with Crippen molar-refractivity contribution in [3.8, 4) is 0 Å². The third-order valence-corrected chi connectivity index (χ3v) is 5.79. The Bertz CT molecular complexity index is 866. The average Bonchev–Trinajstić information content (AvgIpc) is 3.34. The van der Waals surface area contributed by atoms with E-state index in [0.29, 0.717) is 13.1 Å². The molecule has 1 aliphatic rings. The van der Waals surface area contributed by atoms with Crippen LogP contribution in [0.2, 0.25) is 0 Å². The van der Waals surface area contributed by atoms with E-state index in [1.165, 1.54) is 5.56 Å². The lowest BCUT2D eigenvalue weighted by Gasteiger charge is -2.29. The van der Waals surface area contributed by atoms with E-state index < -0.39 is 0 Å². The Morgan fingerprint density at radius 3 is 1.92 bits per heavy atom. The van der Waals surface area contributed by atoms with Crippen LogP contribution in [0.15, 0.2) is 75.1 Å². The zero-order chi connectivity index (χ0) is 17.8. The molecule has 0 bridgehead atoms. The van der Waals surface area contributed by atoms with Gasteiger partial charge < -0.3 is 0 Å². The molecule has 3 heterocycles. The lowest BCUT2D eigenvalue weighted by molar-refractivity contribution is -0.113. The predicted octanol–water partition coefficient (Wildman–Crippen LogP) is 5.36. The summed E-state index contributed by atoms with van der Waals surface area (Å²) in [5.74, 6) is 0.173. The number of Topliss-reactive ketones (excluding diaryl/α,β-unsaturated/α-hetero) is 1. The van der Waals surface area contributed by atoms with Gasteiger partial charge in [0, 0.05) is 30.8 Å². The summed E-state index contributed by atoms with van der Waals surface area (Å²) in [5, 5.41) is 8.25. The van der Waals surface area contributed by atoms with Crippen LogP contribution in [0.1, 0.15) is 16.7 Å². The maximum atomic E-state index is 13.0. The number of piperidine rings is 1. The van der Waals surface area contributed by atoms with Gasteiger partial charge >= 0.3 is 0 Å². The largest absolute Gasteiger partial charge is 0.290 e.